The first-order valence-electron chi connectivity index (χ1n) is 4.28. The van der Waals surface area contributed by atoms with Crippen LogP contribution >= 0.6 is 0 Å². The van der Waals surface area contributed by atoms with Crippen molar-refractivity contribution >= 4 is 0 Å². The second-order valence-corrected chi connectivity index (χ2v) is 3.37. The van der Waals surface area contributed by atoms with E-state index in [4.69, 9.17) is 0 Å². The van der Waals surface area contributed by atoms with Crippen molar-refractivity contribution < 1.29 is 17.6 Å². The molecule has 6 heteroatoms. The van der Waals surface area contributed by atoms with Gasteiger partial charge in [-0.3, -0.25) is 0 Å². The molecule has 2 heterocycles. The van der Waals surface area contributed by atoms with E-state index in [9.17, 15) is 13.2 Å². The molecule has 0 unspecified atom stereocenters. The van der Waals surface area contributed by atoms with Crippen molar-refractivity contribution in [3.63, 3.8) is 0 Å². The number of oxazole rings is 1. The van der Waals surface area contributed by atoms with Crippen LogP contribution in [0.1, 0.15) is 11.6 Å². The summed E-state index contributed by atoms with van der Waals surface area (Å²) in [6.45, 7) is 1.68. The van der Waals surface area contributed by atoms with Crippen LogP contribution in [-0.4, -0.2) is 18.1 Å². The standard InChI is InChI=1S/C8H9F3N2O/c9-8(10,11)7-13-6(4-14-7)1-5-2-12-3-5/h4-5,12H,1-3H2. The lowest BCUT2D eigenvalue weighted by Gasteiger charge is -2.25. The van der Waals surface area contributed by atoms with Gasteiger partial charge in [0.05, 0.1) is 5.69 Å². The first kappa shape index (κ1) is 9.51. The predicted octanol–water partition coefficient (Wildman–Crippen LogP) is 1.46. The van der Waals surface area contributed by atoms with Crippen molar-refractivity contribution in [2.24, 2.45) is 5.92 Å². The molecule has 1 aromatic rings. The first-order chi connectivity index (χ1) is 6.55. The van der Waals surface area contributed by atoms with Crippen LogP contribution in [0.5, 0.6) is 0 Å². The zero-order chi connectivity index (χ0) is 10.2. The molecule has 0 saturated carbocycles. The molecule has 1 aromatic heterocycles. The second-order valence-electron chi connectivity index (χ2n) is 3.37. The summed E-state index contributed by atoms with van der Waals surface area (Å²) < 4.78 is 40.5. The lowest BCUT2D eigenvalue weighted by atomic mass is 9.98. The molecule has 1 fully saturated rings. The molecular formula is C8H9F3N2O. The van der Waals surface area contributed by atoms with Crippen molar-refractivity contribution in [3.05, 3.63) is 17.8 Å². The topological polar surface area (TPSA) is 38.1 Å². The summed E-state index contributed by atoms with van der Waals surface area (Å²) in [6.07, 6.45) is -2.84. The van der Waals surface area contributed by atoms with Crippen LogP contribution in [0.2, 0.25) is 0 Å². The lowest BCUT2D eigenvalue weighted by Crippen LogP contribution is -2.43. The SMILES string of the molecule is FC(F)(F)c1nc(CC2CNC2)co1. The van der Waals surface area contributed by atoms with E-state index in [-0.39, 0.29) is 0 Å². The highest BCUT2D eigenvalue weighted by molar-refractivity contribution is 5.01. The Morgan fingerprint density at radius 3 is 2.64 bits per heavy atom. The van der Waals surface area contributed by atoms with E-state index in [0.29, 0.717) is 18.0 Å². The molecule has 0 amide bonds. The quantitative estimate of drug-likeness (QED) is 0.795. The largest absolute Gasteiger partial charge is 0.468 e. The Hall–Kier alpha value is -1.04. The summed E-state index contributed by atoms with van der Waals surface area (Å²) in [5.41, 5.74) is 0.379. The molecule has 1 aliphatic heterocycles. The Morgan fingerprint density at radius 2 is 2.21 bits per heavy atom. The van der Waals surface area contributed by atoms with Crippen LogP contribution in [0.25, 0.3) is 0 Å². The van der Waals surface area contributed by atoms with Gasteiger partial charge in [0.1, 0.15) is 6.26 Å². The van der Waals surface area contributed by atoms with Crippen LogP contribution in [0.3, 0.4) is 0 Å². The second kappa shape index (κ2) is 3.27. The molecule has 1 N–H and O–H groups in total. The fraction of sp³-hybridized carbons (Fsp3) is 0.625. The van der Waals surface area contributed by atoms with Gasteiger partial charge >= 0.3 is 12.1 Å². The summed E-state index contributed by atoms with van der Waals surface area (Å²) in [5, 5.41) is 3.04. The van der Waals surface area contributed by atoms with Crippen molar-refractivity contribution in [1.82, 2.24) is 10.3 Å². The highest BCUT2D eigenvalue weighted by atomic mass is 19.4. The molecule has 1 aliphatic rings. The van der Waals surface area contributed by atoms with Gasteiger partial charge in [-0.05, 0) is 25.4 Å². The van der Waals surface area contributed by atoms with E-state index < -0.39 is 12.1 Å². The zero-order valence-electron chi connectivity index (χ0n) is 7.27. The normalized spacial score (nSPS) is 18.2. The highest BCUT2D eigenvalue weighted by Crippen LogP contribution is 2.28. The Kier molecular flexibility index (Phi) is 2.22. The number of rotatable bonds is 2. The summed E-state index contributed by atoms with van der Waals surface area (Å²) in [4.78, 5) is 3.38. The van der Waals surface area contributed by atoms with Crippen molar-refractivity contribution in [1.29, 1.82) is 0 Å². The van der Waals surface area contributed by atoms with Crippen LogP contribution < -0.4 is 5.32 Å². The molecule has 0 radical (unpaired) electrons. The molecule has 0 spiro atoms. The molecule has 0 atom stereocenters. The van der Waals surface area contributed by atoms with Crippen LogP contribution in [0.4, 0.5) is 13.2 Å². The molecule has 78 valence electrons. The van der Waals surface area contributed by atoms with Gasteiger partial charge in [0, 0.05) is 0 Å². The number of hydrogen-bond donors (Lipinski definition) is 1. The van der Waals surface area contributed by atoms with Gasteiger partial charge in [0.15, 0.2) is 0 Å². The molecule has 0 aliphatic carbocycles. The van der Waals surface area contributed by atoms with Crippen LogP contribution in [-0.2, 0) is 12.6 Å². The van der Waals surface area contributed by atoms with E-state index >= 15 is 0 Å². The van der Waals surface area contributed by atoms with Crippen LogP contribution in [0, 0.1) is 5.92 Å². The fourth-order valence-corrected chi connectivity index (χ4v) is 1.32. The smallest absolute Gasteiger partial charge is 0.441 e. The summed E-state index contributed by atoms with van der Waals surface area (Å²) in [7, 11) is 0. The number of aromatic nitrogens is 1. The maximum absolute atomic E-state index is 12.1. The van der Waals surface area contributed by atoms with E-state index in [0.717, 1.165) is 19.4 Å². The molecule has 2 rings (SSSR count). The van der Waals surface area contributed by atoms with E-state index in [1.54, 1.807) is 0 Å². The Bertz CT molecular complexity index is 317. The molecule has 3 nitrogen and oxygen atoms in total. The average Bonchev–Trinajstić information content (AvgIpc) is 2.43. The van der Waals surface area contributed by atoms with Crippen LogP contribution in [0.15, 0.2) is 10.7 Å². The van der Waals surface area contributed by atoms with E-state index in [1.165, 1.54) is 0 Å². The van der Waals surface area contributed by atoms with Gasteiger partial charge in [0.2, 0.25) is 0 Å². The summed E-state index contributed by atoms with van der Waals surface area (Å²) >= 11 is 0. The number of alkyl halides is 3. The van der Waals surface area contributed by atoms with Gasteiger partial charge < -0.3 is 9.73 Å². The van der Waals surface area contributed by atoms with Gasteiger partial charge in [-0.1, -0.05) is 0 Å². The zero-order valence-corrected chi connectivity index (χ0v) is 7.27. The van der Waals surface area contributed by atoms with Gasteiger partial charge in [-0.25, -0.2) is 4.98 Å². The van der Waals surface area contributed by atoms with Crippen molar-refractivity contribution in [3.8, 4) is 0 Å². The monoisotopic (exact) mass is 206 g/mol. The minimum atomic E-state index is -4.48. The molecule has 0 bridgehead atoms. The number of halogens is 3. The Labute approximate surface area is 78.3 Å². The number of nitrogens with one attached hydrogen (secondary N) is 1. The third-order valence-electron chi connectivity index (χ3n) is 2.16. The number of hydrogen-bond acceptors (Lipinski definition) is 3. The average molecular weight is 206 g/mol. The minimum Gasteiger partial charge on any atom is -0.441 e. The van der Waals surface area contributed by atoms with E-state index in [2.05, 4.69) is 14.7 Å². The van der Waals surface area contributed by atoms with Crippen molar-refractivity contribution in [2.75, 3.05) is 13.1 Å². The Morgan fingerprint density at radius 1 is 1.50 bits per heavy atom. The summed E-state index contributed by atoms with van der Waals surface area (Å²) in [5.74, 6) is -0.763. The third kappa shape index (κ3) is 1.89. The maximum Gasteiger partial charge on any atom is 0.468 e. The number of nitrogens with zero attached hydrogens (tertiary/aromatic N) is 1. The van der Waals surface area contributed by atoms with Gasteiger partial charge in [-0.2, -0.15) is 13.2 Å². The third-order valence-corrected chi connectivity index (χ3v) is 2.16. The molecule has 14 heavy (non-hydrogen) atoms. The molecule has 0 aromatic carbocycles. The van der Waals surface area contributed by atoms with Crippen molar-refractivity contribution in [2.45, 2.75) is 12.6 Å². The summed E-state index contributed by atoms with van der Waals surface area (Å²) in [6, 6.07) is 0. The molecular weight excluding hydrogens is 197 g/mol. The van der Waals surface area contributed by atoms with Gasteiger partial charge in [-0.15, -0.1) is 0 Å². The van der Waals surface area contributed by atoms with E-state index in [1.807, 2.05) is 0 Å². The maximum atomic E-state index is 12.1. The molecule has 1 saturated heterocycles. The predicted molar refractivity (Wildman–Crippen MR) is 41.6 cm³/mol. The minimum absolute atomic E-state index is 0.379. The Balaban J connectivity index is 2.02. The van der Waals surface area contributed by atoms with Gasteiger partial charge in [0.25, 0.3) is 0 Å². The fourth-order valence-electron chi connectivity index (χ4n) is 1.32. The first-order valence-corrected chi connectivity index (χ1v) is 4.28. The highest BCUT2D eigenvalue weighted by Gasteiger charge is 2.37. The lowest BCUT2D eigenvalue weighted by molar-refractivity contribution is -0.157.